The van der Waals surface area contributed by atoms with Gasteiger partial charge in [0.05, 0.1) is 12.0 Å². The van der Waals surface area contributed by atoms with E-state index in [9.17, 15) is 14.4 Å². The number of anilines is 2. The maximum Gasteiger partial charge on any atom is 0.323 e. The Labute approximate surface area is 156 Å². The largest absolute Gasteiger partial charge is 0.481 e. The topological polar surface area (TPSA) is 108 Å². The van der Waals surface area contributed by atoms with Crippen LogP contribution in [0.25, 0.3) is 0 Å². The number of carboxylic acid groups (broad SMARTS) is 1. The van der Waals surface area contributed by atoms with Crippen LogP contribution in [-0.2, 0) is 4.79 Å². The molecule has 0 bridgehead atoms. The molecule has 3 rings (SSSR count). The minimum Gasteiger partial charge on any atom is -0.481 e. The lowest BCUT2D eigenvalue weighted by Gasteiger charge is -2.41. The summed E-state index contributed by atoms with van der Waals surface area (Å²) in [6, 6.07) is 15.1. The van der Waals surface area contributed by atoms with Crippen LogP contribution in [0.1, 0.15) is 36.0 Å². The van der Waals surface area contributed by atoms with Crippen molar-refractivity contribution in [3.05, 3.63) is 60.2 Å². The van der Waals surface area contributed by atoms with Crippen LogP contribution >= 0.6 is 0 Å². The monoisotopic (exact) mass is 367 g/mol. The van der Waals surface area contributed by atoms with E-state index in [0.717, 1.165) is 6.42 Å². The summed E-state index contributed by atoms with van der Waals surface area (Å²) in [5.41, 5.74) is 0.995. The predicted octanol–water partition coefficient (Wildman–Crippen LogP) is 3.46. The van der Waals surface area contributed by atoms with Crippen molar-refractivity contribution in [3.8, 4) is 0 Å². The number of amides is 3. The molecule has 1 fully saturated rings. The highest BCUT2D eigenvalue weighted by molar-refractivity contribution is 6.00. The van der Waals surface area contributed by atoms with Gasteiger partial charge >= 0.3 is 12.0 Å². The number of hydrogen-bond donors (Lipinski definition) is 4. The van der Waals surface area contributed by atoms with E-state index in [4.69, 9.17) is 5.11 Å². The van der Waals surface area contributed by atoms with Crippen molar-refractivity contribution >= 4 is 29.3 Å². The maximum atomic E-state index is 12.4. The first kappa shape index (κ1) is 18.4. The van der Waals surface area contributed by atoms with Crippen LogP contribution in [0.4, 0.5) is 16.2 Å². The number of hydrogen-bond acceptors (Lipinski definition) is 3. The van der Waals surface area contributed by atoms with E-state index in [-0.39, 0.29) is 18.4 Å². The van der Waals surface area contributed by atoms with E-state index < -0.39 is 11.5 Å². The fourth-order valence-electron chi connectivity index (χ4n) is 3.07. The van der Waals surface area contributed by atoms with Crippen molar-refractivity contribution in [3.63, 3.8) is 0 Å². The Bertz CT molecular complexity index is 830. The summed E-state index contributed by atoms with van der Waals surface area (Å²) in [7, 11) is 0. The fraction of sp³-hybridized carbons (Fsp3) is 0.250. The number of aliphatic carboxylic acids is 1. The number of para-hydroxylation sites is 1. The molecule has 1 saturated carbocycles. The van der Waals surface area contributed by atoms with Gasteiger partial charge in [-0.1, -0.05) is 18.2 Å². The van der Waals surface area contributed by atoms with E-state index >= 15 is 0 Å². The molecule has 0 radical (unpaired) electrons. The van der Waals surface area contributed by atoms with E-state index in [1.165, 1.54) is 0 Å². The van der Waals surface area contributed by atoms with Gasteiger partial charge in [0.1, 0.15) is 0 Å². The van der Waals surface area contributed by atoms with E-state index in [1.54, 1.807) is 36.4 Å². The molecule has 0 atom stereocenters. The smallest absolute Gasteiger partial charge is 0.323 e. The van der Waals surface area contributed by atoms with E-state index in [0.29, 0.717) is 29.8 Å². The van der Waals surface area contributed by atoms with E-state index in [2.05, 4.69) is 16.0 Å². The molecule has 0 saturated heterocycles. The van der Waals surface area contributed by atoms with Gasteiger partial charge in [-0.25, -0.2) is 4.79 Å². The second-order valence-corrected chi connectivity index (χ2v) is 6.68. The Balaban J connectivity index is 1.57. The number of urea groups is 1. The lowest BCUT2D eigenvalue weighted by Crippen LogP contribution is -2.54. The molecule has 2 aromatic carbocycles. The summed E-state index contributed by atoms with van der Waals surface area (Å²) in [6.07, 6.45) is 2.18. The molecule has 4 N–H and O–H groups in total. The van der Waals surface area contributed by atoms with Gasteiger partial charge in [-0.05, 0) is 55.7 Å². The van der Waals surface area contributed by atoms with Crippen LogP contribution in [0, 0.1) is 0 Å². The zero-order valence-corrected chi connectivity index (χ0v) is 14.7. The molecule has 27 heavy (non-hydrogen) atoms. The standard InChI is InChI=1S/C20H21N3O4/c24-17(25)13-20(11-4-12-20)23-18(26)14-7-9-16(10-8-14)22-19(27)21-15-5-2-1-3-6-15/h1-3,5-10H,4,11-13H2,(H,23,26)(H,24,25)(H2,21,22,27). The highest BCUT2D eigenvalue weighted by Crippen LogP contribution is 2.35. The summed E-state index contributed by atoms with van der Waals surface area (Å²) < 4.78 is 0. The molecule has 0 aromatic heterocycles. The lowest BCUT2D eigenvalue weighted by molar-refractivity contribution is -0.139. The number of benzene rings is 2. The number of carbonyl (C=O) groups excluding carboxylic acids is 2. The molecule has 140 valence electrons. The molecule has 1 aliphatic rings. The Hall–Kier alpha value is -3.35. The van der Waals surface area contributed by atoms with Crippen LogP contribution < -0.4 is 16.0 Å². The first-order valence-electron chi connectivity index (χ1n) is 8.73. The number of carboxylic acids is 1. The molecule has 7 heteroatoms. The molecule has 2 aromatic rings. The first-order valence-corrected chi connectivity index (χ1v) is 8.73. The molecule has 1 aliphatic carbocycles. The molecule has 7 nitrogen and oxygen atoms in total. The fourth-order valence-corrected chi connectivity index (χ4v) is 3.07. The van der Waals surface area contributed by atoms with Gasteiger partial charge in [0.2, 0.25) is 0 Å². The van der Waals surface area contributed by atoms with Crippen LogP contribution in [0.2, 0.25) is 0 Å². The summed E-state index contributed by atoms with van der Waals surface area (Å²) in [6.45, 7) is 0. The van der Waals surface area contributed by atoms with Crippen molar-refractivity contribution in [1.82, 2.24) is 5.32 Å². The quantitative estimate of drug-likeness (QED) is 0.627. The first-order chi connectivity index (χ1) is 13.0. The van der Waals surface area contributed by atoms with Gasteiger partial charge in [0.25, 0.3) is 5.91 Å². The van der Waals surface area contributed by atoms with Crippen LogP contribution in [0.15, 0.2) is 54.6 Å². The van der Waals surface area contributed by atoms with Gasteiger partial charge in [-0.3, -0.25) is 9.59 Å². The van der Waals surface area contributed by atoms with Gasteiger partial charge < -0.3 is 21.1 Å². The molecule has 3 amide bonds. The number of rotatable bonds is 6. The average molecular weight is 367 g/mol. The third-order valence-corrected chi connectivity index (χ3v) is 4.62. The van der Waals surface area contributed by atoms with Crippen molar-refractivity contribution in [2.24, 2.45) is 0 Å². The zero-order chi connectivity index (χ0) is 19.3. The van der Waals surface area contributed by atoms with Crippen LogP contribution in [0.5, 0.6) is 0 Å². The van der Waals surface area contributed by atoms with Crippen molar-refractivity contribution in [1.29, 1.82) is 0 Å². The Morgan fingerprint density at radius 2 is 1.48 bits per heavy atom. The van der Waals surface area contributed by atoms with Gasteiger partial charge in [0.15, 0.2) is 0 Å². The molecule has 0 aliphatic heterocycles. The van der Waals surface area contributed by atoms with E-state index in [1.807, 2.05) is 18.2 Å². The predicted molar refractivity (Wildman–Crippen MR) is 102 cm³/mol. The van der Waals surface area contributed by atoms with Gasteiger partial charge in [0, 0.05) is 16.9 Å². The molecule has 0 heterocycles. The number of nitrogens with one attached hydrogen (secondary N) is 3. The molecular weight excluding hydrogens is 346 g/mol. The van der Waals surface area contributed by atoms with Gasteiger partial charge in [-0.15, -0.1) is 0 Å². The second kappa shape index (κ2) is 7.90. The molecular formula is C20H21N3O4. The highest BCUT2D eigenvalue weighted by atomic mass is 16.4. The van der Waals surface area contributed by atoms with Crippen molar-refractivity contribution < 1.29 is 19.5 Å². The average Bonchev–Trinajstić information content (AvgIpc) is 2.60. The summed E-state index contributed by atoms with van der Waals surface area (Å²) >= 11 is 0. The number of carbonyl (C=O) groups is 3. The molecule has 0 spiro atoms. The minimum atomic E-state index is -0.918. The normalized spacial score (nSPS) is 14.5. The Kier molecular flexibility index (Phi) is 5.40. The Morgan fingerprint density at radius 3 is 2.00 bits per heavy atom. The minimum absolute atomic E-state index is 0.0714. The lowest BCUT2D eigenvalue weighted by atomic mass is 9.74. The van der Waals surface area contributed by atoms with Crippen LogP contribution in [0.3, 0.4) is 0 Å². The summed E-state index contributed by atoms with van der Waals surface area (Å²) in [4.78, 5) is 35.4. The molecule has 0 unspecified atom stereocenters. The third kappa shape index (κ3) is 4.84. The summed E-state index contributed by atoms with van der Waals surface area (Å²) in [5, 5.41) is 17.3. The zero-order valence-electron chi connectivity index (χ0n) is 14.7. The van der Waals surface area contributed by atoms with Crippen molar-refractivity contribution in [2.45, 2.75) is 31.2 Å². The van der Waals surface area contributed by atoms with Crippen LogP contribution in [-0.4, -0.2) is 28.6 Å². The second-order valence-electron chi connectivity index (χ2n) is 6.68. The summed E-state index contributed by atoms with van der Waals surface area (Å²) in [5.74, 6) is -1.23. The maximum absolute atomic E-state index is 12.4. The third-order valence-electron chi connectivity index (χ3n) is 4.62. The highest BCUT2D eigenvalue weighted by Gasteiger charge is 2.40. The Morgan fingerprint density at radius 1 is 0.889 bits per heavy atom. The SMILES string of the molecule is O=C(O)CC1(NC(=O)c2ccc(NC(=O)Nc3ccccc3)cc2)CCC1. The van der Waals surface area contributed by atoms with Crippen molar-refractivity contribution in [2.75, 3.05) is 10.6 Å². The van der Waals surface area contributed by atoms with Gasteiger partial charge in [-0.2, -0.15) is 0 Å².